The molecular weight excluding hydrogens is 206 g/mol. The van der Waals surface area contributed by atoms with Crippen molar-refractivity contribution in [3.8, 4) is 0 Å². The Morgan fingerprint density at radius 2 is 2.31 bits per heavy atom. The molecule has 0 saturated carbocycles. The van der Waals surface area contributed by atoms with E-state index >= 15 is 0 Å². The zero-order valence-corrected chi connectivity index (χ0v) is 9.85. The highest BCUT2D eigenvalue weighted by Gasteiger charge is 2.23. The van der Waals surface area contributed by atoms with Crippen LogP contribution in [0.1, 0.15) is 44.5 Å². The van der Waals surface area contributed by atoms with Crippen LogP contribution in [0.2, 0.25) is 0 Å². The number of nitrogens with zero attached hydrogens (tertiary/aromatic N) is 2. The second-order valence-electron chi connectivity index (χ2n) is 4.66. The third-order valence-electron chi connectivity index (χ3n) is 2.97. The minimum absolute atomic E-state index is 0.0211. The van der Waals surface area contributed by atoms with Crippen LogP contribution in [0, 0.1) is 5.92 Å². The maximum Gasteiger partial charge on any atom is 0.228 e. The van der Waals surface area contributed by atoms with E-state index in [4.69, 9.17) is 15.0 Å². The lowest BCUT2D eigenvalue weighted by molar-refractivity contribution is 0.103. The van der Waals surface area contributed by atoms with Gasteiger partial charge in [-0.3, -0.25) is 0 Å². The second kappa shape index (κ2) is 4.93. The van der Waals surface area contributed by atoms with Crippen molar-refractivity contribution in [2.45, 2.75) is 45.3 Å². The van der Waals surface area contributed by atoms with E-state index in [9.17, 15) is 0 Å². The van der Waals surface area contributed by atoms with E-state index in [-0.39, 0.29) is 12.1 Å². The summed E-state index contributed by atoms with van der Waals surface area (Å²) >= 11 is 0. The first-order valence-electron chi connectivity index (χ1n) is 5.86. The molecule has 0 aromatic carbocycles. The van der Waals surface area contributed by atoms with Gasteiger partial charge in [0.1, 0.15) is 6.10 Å². The molecule has 1 aromatic heterocycles. The zero-order chi connectivity index (χ0) is 11.5. The Labute approximate surface area is 95.3 Å². The van der Waals surface area contributed by atoms with Gasteiger partial charge in [0.2, 0.25) is 11.7 Å². The highest BCUT2D eigenvalue weighted by molar-refractivity contribution is 4.94. The first-order valence-corrected chi connectivity index (χ1v) is 5.86. The average molecular weight is 225 g/mol. The number of hydrogen-bond donors (Lipinski definition) is 1. The number of rotatable bonds is 4. The first-order chi connectivity index (χ1) is 7.66. The van der Waals surface area contributed by atoms with Crippen LogP contribution < -0.4 is 5.73 Å². The van der Waals surface area contributed by atoms with Crippen molar-refractivity contribution in [2.24, 2.45) is 11.7 Å². The monoisotopic (exact) mass is 225 g/mol. The molecule has 16 heavy (non-hydrogen) atoms. The van der Waals surface area contributed by atoms with Gasteiger partial charge in [-0.1, -0.05) is 19.0 Å². The Bertz CT molecular complexity index is 332. The molecule has 0 bridgehead atoms. The van der Waals surface area contributed by atoms with Crippen molar-refractivity contribution in [1.29, 1.82) is 0 Å². The Morgan fingerprint density at radius 1 is 1.50 bits per heavy atom. The van der Waals surface area contributed by atoms with Gasteiger partial charge in [-0.05, 0) is 18.8 Å². The van der Waals surface area contributed by atoms with Gasteiger partial charge in [0, 0.05) is 19.1 Å². The lowest BCUT2D eigenvalue weighted by atomic mass is 10.0. The maximum absolute atomic E-state index is 5.95. The molecule has 0 radical (unpaired) electrons. The van der Waals surface area contributed by atoms with Gasteiger partial charge in [-0.25, -0.2) is 0 Å². The minimum Gasteiger partial charge on any atom is -0.370 e. The highest BCUT2D eigenvalue weighted by Crippen LogP contribution is 2.26. The largest absolute Gasteiger partial charge is 0.370 e. The quantitative estimate of drug-likeness (QED) is 0.839. The van der Waals surface area contributed by atoms with Crippen LogP contribution in [0.25, 0.3) is 0 Å². The molecule has 5 nitrogen and oxygen atoms in total. The van der Waals surface area contributed by atoms with Crippen LogP contribution >= 0.6 is 0 Å². The van der Waals surface area contributed by atoms with Crippen LogP contribution in [-0.2, 0) is 11.2 Å². The van der Waals surface area contributed by atoms with Gasteiger partial charge < -0.3 is 15.0 Å². The molecule has 5 heteroatoms. The third kappa shape index (κ3) is 2.59. The van der Waals surface area contributed by atoms with Gasteiger partial charge in [0.15, 0.2) is 0 Å². The number of hydrogen-bond acceptors (Lipinski definition) is 5. The van der Waals surface area contributed by atoms with E-state index in [1.54, 1.807) is 0 Å². The molecule has 1 aliphatic rings. The van der Waals surface area contributed by atoms with Gasteiger partial charge >= 0.3 is 0 Å². The molecule has 2 heterocycles. The summed E-state index contributed by atoms with van der Waals surface area (Å²) in [6.45, 7) is 4.96. The number of aromatic nitrogens is 2. The summed E-state index contributed by atoms with van der Waals surface area (Å²) in [5, 5.41) is 3.94. The summed E-state index contributed by atoms with van der Waals surface area (Å²) < 4.78 is 10.7. The molecular formula is C11H19N3O2. The third-order valence-corrected chi connectivity index (χ3v) is 2.97. The molecule has 2 unspecified atom stereocenters. The molecule has 0 spiro atoms. The molecule has 2 rings (SSSR count). The molecule has 0 aliphatic carbocycles. The van der Waals surface area contributed by atoms with E-state index in [2.05, 4.69) is 24.0 Å². The summed E-state index contributed by atoms with van der Waals surface area (Å²) in [5.41, 5.74) is 5.95. The Kier molecular flexibility index (Phi) is 3.56. The Hall–Kier alpha value is -0.940. The molecule has 1 fully saturated rings. The van der Waals surface area contributed by atoms with Crippen molar-refractivity contribution < 1.29 is 9.26 Å². The van der Waals surface area contributed by atoms with Crippen LogP contribution in [0.3, 0.4) is 0 Å². The van der Waals surface area contributed by atoms with Crippen molar-refractivity contribution in [3.63, 3.8) is 0 Å². The van der Waals surface area contributed by atoms with Crippen molar-refractivity contribution in [3.05, 3.63) is 11.7 Å². The van der Waals surface area contributed by atoms with E-state index < -0.39 is 0 Å². The van der Waals surface area contributed by atoms with Crippen LogP contribution in [0.15, 0.2) is 4.52 Å². The molecule has 1 aliphatic heterocycles. The van der Waals surface area contributed by atoms with Crippen LogP contribution in [0.5, 0.6) is 0 Å². The SMILES string of the molecule is CC(C)C(N)Cc1nc(C2CCCO2)no1. The molecule has 0 amide bonds. The molecule has 1 saturated heterocycles. The van der Waals surface area contributed by atoms with Gasteiger partial charge in [-0.2, -0.15) is 4.98 Å². The lowest BCUT2D eigenvalue weighted by Gasteiger charge is -2.12. The maximum atomic E-state index is 5.95. The summed E-state index contributed by atoms with van der Waals surface area (Å²) in [7, 11) is 0. The molecule has 90 valence electrons. The first kappa shape index (κ1) is 11.5. The fraction of sp³-hybridized carbons (Fsp3) is 0.818. The predicted octanol–water partition coefficient (Wildman–Crippen LogP) is 1.45. The van der Waals surface area contributed by atoms with Crippen molar-refractivity contribution >= 4 is 0 Å². The minimum atomic E-state index is 0.0211. The Balaban J connectivity index is 1.96. The lowest BCUT2D eigenvalue weighted by Crippen LogP contribution is -2.28. The standard InChI is InChI=1S/C11H19N3O2/c1-7(2)8(12)6-10-13-11(14-16-10)9-4-3-5-15-9/h7-9H,3-6,12H2,1-2H3. The van der Waals surface area contributed by atoms with Gasteiger partial charge in [0.05, 0.1) is 0 Å². The molecule has 2 atom stereocenters. The summed E-state index contributed by atoms with van der Waals surface area (Å²) in [4.78, 5) is 4.33. The summed E-state index contributed by atoms with van der Waals surface area (Å²) in [5.74, 6) is 1.70. The van der Waals surface area contributed by atoms with Crippen molar-refractivity contribution in [2.75, 3.05) is 6.61 Å². The second-order valence-corrected chi connectivity index (χ2v) is 4.66. The normalized spacial score (nSPS) is 22.9. The van der Waals surface area contributed by atoms with E-state index in [1.165, 1.54) is 0 Å². The molecule has 2 N–H and O–H groups in total. The summed E-state index contributed by atoms with van der Waals surface area (Å²) in [6.07, 6.45) is 2.71. The van der Waals surface area contributed by atoms with E-state index in [0.717, 1.165) is 19.4 Å². The fourth-order valence-electron chi connectivity index (χ4n) is 1.70. The smallest absolute Gasteiger partial charge is 0.228 e. The average Bonchev–Trinajstić information content (AvgIpc) is 2.85. The van der Waals surface area contributed by atoms with E-state index in [0.29, 0.717) is 24.1 Å². The summed E-state index contributed by atoms with van der Waals surface area (Å²) in [6, 6.07) is 0.0674. The number of ether oxygens (including phenoxy) is 1. The van der Waals surface area contributed by atoms with Gasteiger partial charge in [-0.15, -0.1) is 0 Å². The van der Waals surface area contributed by atoms with Gasteiger partial charge in [0.25, 0.3) is 0 Å². The van der Waals surface area contributed by atoms with Crippen LogP contribution in [-0.4, -0.2) is 22.8 Å². The van der Waals surface area contributed by atoms with Crippen molar-refractivity contribution in [1.82, 2.24) is 10.1 Å². The zero-order valence-electron chi connectivity index (χ0n) is 9.85. The highest BCUT2D eigenvalue weighted by atomic mass is 16.5. The molecule has 1 aromatic rings. The number of nitrogens with two attached hydrogens (primary N) is 1. The fourth-order valence-corrected chi connectivity index (χ4v) is 1.70. The van der Waals surface area contributed by atoms with Crippen LogP contribution in [0.4, 0.5) is 0 Å². The predicted molar refractivity (Wildman–Crippen MR) is 58.7 cm³/mol. The topological polar surface area (TPSA) is 74.2 Å². The van der Waals surface area contributed by atoms with E-state index in [1.807, 2.05) is 0 Å². The Morgan fingerprint density at radius 3 is 2.94 bits per heavy atom.